The van der Waals surface area contributed by atoms with Crippen LogP contribution in [-0.2, 0) is 44.8 Å². The van der Waals surface area contributed by atoms with Gasteiger partial charge in [-0.3, -0.25) is 8.37 Å². The molecule has 2 aliphatic heterocycles. The maximum absolute atomic E-state index is 13.1. The number of ether oxygens (including phenoxy) is 1. The molecular weight excluding hydrogens is 530 g/mol. The summed E-state index contributed by atoms with van der Waals surface area (Å²) < 4.78 is 67.5. The number of amides is 1. The highest BCUT2D eigenvalue weighted by Crippen LogP contribution is 2.47. The van der Waals surface area contributed by atoms with E-state index in [1.165, 1.54) is 0 Å². The fourth-order valence-corrected chi connectivity index (χ4v) is 7.43. The third-order valence-electron chi connectivity index (χ3n) is 6.87. The molecule has 0 radical (unpaired) electrons. The van der Waals surface area contributed by atoms with Crippen LogP contribution in [0, 0.1) is 11.8 Å². The Morgan fingerprint density at radius 1 is 0.763 bits per heavy atom. The molecule has 2 heterocycles. The first-order chi connectivity index (χ1) is 17.8. The van der Waals surface area contributed by atoms with Crippen LogP contribution in [0.25, 0.3) is 0 Å². The Morgan fingerprint density at radius 3 is 1.53 bits per heavy atom. The highest BCUT2D eigenvalue weighted by Gasteiger charge is 2.56. The van der Waals surface area contributed by atoms with Crippen LogP contribution in [0.15, 0.2) is 60.7 Å². The van der Waals surface area contributed by atoms with Crippen molar-refractivity contribution in [1.82, 2.24) is 4.90 Å². The minimum Gasteiger partial charge on any atom is -0.444 e. The Hall–Kier alpha value is -2.47. The number of fused-ring (bicyclic) bond motifs is 2. The maximum Gasteiger partial charge on any atom is 0.410 e. The van der Waals surface area contributed by atoms with Crippen molar-refractivity contribution in [3.8, 4) is 0 Å². The van der Waals surface area contributed by atoms with Crippen molar-refractivity contribution in [2.45, 2.75) is 62.8 Å². The second-order valence-corrected chi connectivity index (χ2v) is 14.2. The minimum atomic E-state index is -3.91. The van der Waals surface area contributed by atoms with Crippen LogP contribution in [0.1, 0.15) is 44.7 Å². The first-order valence-corrected chi connectivity index (χ1v) is 15.8. The van der Waals surface area contributed by atoms with Crippen LogP contribution in [0.4, 0.5) is 4.79 Å². The number of benzene rings is 2. The highest BCUT2D eigenvalue weighted by molar-refractivity contribution is 7.86. The minimum absolute atomic E-state index is 0.178. The van der Waals surface area contributed by atoms with E-state index in [2.05, 4.69) is 0 Å². The van der Waals surface area contributed by atoms with Gasteiger partial charge in [0.15, 0.2) is 0 Å². The van der Waals surface area contributed by atoms with Crippen LogP contribution in [0.2, 0.25) is 0 Å². The number of nitrogens with zero attached hydrogens (tertiary/aromatic N) is 1. The van der Waals surface area contributed by atoms with E-state index in [1.54, 1.807) is 86.3 Å². The molecule has 9 nitrogen and oxygen atoms in total. The number of hydrogen-bond acceptors (Lipinski definition) is 8. The average molecular weight is 566 g/mol. The summed E-state index contributed by atoms with van der Waals surface area (Å²) in [4.78, 5) is 14.7. The number of hydrogen-bond donors (Lipinski definition) is 0. The van der Waals surface area contributed by atoms with Crippen LogP contribution in [0.5, 0.6) is 0 Å². The maximum atomic E-state index is 13.1. The van der Waals surface area contributed by atoms with E-state index in [-0.39, 0.29) is 36.8 Å². The van der Waals surface area contributed by atoms with E-state index < -0.39 is 43.8 Å². The molecule has 2 fully saturated rings. The molecule has 2 aromatic carbocycles. The predicted octanol–water partition coefficient (Wildman–Crippen LogP) is 4.09. The van der Waals surface area contributed by atoms with Gasteiger partial charge in [-0.05, 0) is 44.7 Å². The Kier molecular flexibility index (Phi) is 8.51. The SMILES string of the molecule is CC(C)(C)OC(=O)N1[C@@H]2CC[C@H]1[C@@H](COS(=O)(=O)Cc1ccccc1)[C@H]2COS(=O)(=O)Cc1ccccc1. The highest BCUT2D eigenvalue weighted by atomic mass is 32.2. The molecule has 4 atom stereocenters. The molecule has 38 heavy (non-hydrogen) atoms. The van der Waals surface area contributed by atoms with Crippen LogP contribution in [0.3, 0.4) is 0 Å². The van der Waals surface area contributed by atoms with Gasteiger partial charge in [0.1, 0.15) is 17.1 Å². The van der Waals surface area contributed by atoms with Gasteiger partial charge in [-0.15, -0.1) is 0 Å². The van der Waals surface area contributed by atoms with Crippen molar-refractivity contribution in [1.29, 1.82) is 0 Å². The quantitative estimate of drug-likeness (QED) is 0.396. The lowest BCUT2D eigenvalue weighted by atomic mass is 9.80. The first kappa shape index (κ1) is 28.5. The van der Waals surface area contributed by atoms with Gasteiger partial charge in [-0.2, -0.15) is 16.8 Å². The van der Waals surface area contributed by atoms with Gasteiger partial charge in [-0.25, -0.2) is 4.79 Å². The van der Waals surface area contributed by atoms with Crippen molar-refractivity contribution >= 4 is 26.3 Å². The first-order valence-electron chi connectivity index (χ1n) is 12.7. The molecule has 2 bridgehead atoms. The van der Waals surface area contributed by atoms with Crippen molar-refractivity contribution in [3.05, 3.63) is 71.8 Å². The summed E-state index contributed by atoms with van der Waals surface area (Å²) in [5.74, 6) is -1.42. The predicted molar refractivity (Wildman–Crippen MR) is 142 cm³/mol. The third-order valence-corrected chi connectivity index (χ3v) is 9.23. The zero-order valence-corrected chi connectivity index (χ0v) is 23.5. The molecule has 0 aromatic heterocycles. The summed E-state index contributed by atoms with van der Waals surface area (Å²) in [5.41, 5.74) is 0.486. The van der Waals surface area contributed by atoms with Crippen LogP contribution in [-0.4, -0.2) is 58.7 Å². The molecule has 2 aromatic rings. The Balaban J connectivity index is 1.49. The summed E-state index contributed by atoms with van der Waals surface area (Å²) in [6.45, 7) is 4.97. The van der Waals surface area contributed by atoms with Crippen molar-refractivity contribution in [2.75, 3.05) is 13.2 Å². The Labute approximate surface area is 225 Å². The number of rotatable bonds is 10. The Bertz CT molecular complexity index is 1220. The number of carbonyl (C=O) groups is 1. The zero-order chi connectivity index (χ0) is 27.6. The molecule has 0 aliphatic carbocycles. The second kappa shape index (κ2) is 11.3. The van der Waals surface area contributed by atoms with Crippen LogP contribution >= 0.6 is 0 Å². The van der Waals surface area contributed by atoms with Gasteiger partial charge < -0.3 is 9.64 Å². The van der Waals surface area contributed by atoms with Gasteiger partial charge in [0.25, 0.3) is 20.2 Å². The lowest BCUT2D eigenvalue weighted by Gasteiger charge is -2.28. The van der Waals surface area contributed by atoms with Gasteiger partial charge in [-0.1, -0.05) is 60.7 Å². The molecule has 2 saturated heterocycles. The van der Waals surface area contributed by atoms with Crippen molar-refractivity contribution < 1.29 is 34.7 Å². The van der Waals surface area contributed by atoms with Gasteiger partial charge in [0.2, 0.25) is 0 Å². The molecule has 0 N–H and O–H groups in total. The molecule has 2 aliphatic rings. The van der Waals surface area contributed by atoms with Gasteiger partial charge in [0, 0.05) is 23.9 Å². The van der Waals surface area contributed by atoms with E-state index >= 15 is 0 Å². The van der Waals surface area contributed by atoms with E-state index in [0.717, 1.165) is 0 Å². The molecule has 11 heteroatoms. The topological polar surface area (TPSA) is 116 Å². The summed E-state index contributed by atoms with van der Waals surface area (Å²) in [6, 6.07) is 16.7. The normalized spacial score (nSPS) is 23.5. The van der Waals surface area contributed by atoms with Gasteiger partial charge >= 0.3 is 6.09 Å². The lowest BCUT2D eigenvalue weighted by molar-refractivity contribution is 0.0192. The molecule has 208 valence electrons. The van der Waals surface area contributed by atoms with E-state index in [9.17, 15) is 21.6 Å². The average Bonchev–Trinajstić information content (AvgIpc) is 3.38. The van der Waals surface area contributed by atoms with Crippen molar-refractivity contribution in [2.24, 2.45) is 11.8 Å². The van der Waals surface area contributed by atoms with E-state index in [0.29, 0.717) is 24.0 Å². The van der Waals surface area contributed by atoms with Crippen LogP contribution < -0.4 is 0 Å². The summed E-state index contributed by atoms with van der Waals surface area (Å²) >= 11 is 0. The second-order valence-electron chi connectivity index (χ2n) is 10.9. The monoisotopic (exact) mass is 565 g/mol. The lowest BCUT2D eigenvalue weighted by Crippen LogP contribution is -2.41. The largest absolute Gasteiger partial charge is 0.444 e. The van der Waals surface area contributed by atoms with E-state index in [4.69, 9.17) is 13.1 Å². The molecule has 1 amide bonds. The summed E-state index contributed by atoms with van der Waals surface area (Å²) in [5, 5.41) is 0. The summed E-state index contributed by atoms with van der Waals surface area (Å²) in [6.07, 6.45) is 0.783. The molecule has 0 saturated carbocycles. The molecule has 4 rings (SSSR count). The third kappa shape index (κ3) is 7.34. The smallest absolute Gasteiger partial charge is 0.410 e. The fraction of sp³-hybridized carbons (Fsp3) is 0.519. The van der Waals surface area contributed by atoms with Gasteiger partial charge in [0.05, 0.1) is 13.2 Å². The van der Waals surface area contributed by atoms with Crippen molar-refractivity contribution in [3.63, 3.8) is 0 Å². The molecular formula is C27H35NO8S2. The standard InChI is InChI=1S/C27H35NO8S2/c1-27(2,3)36-26(29)28-24-14-15-25(28)23(17-35-38(32,33)19-21-12-8-5-9-13-21)22(24)16-34-37(30,31)18-20-10-6-4-7-11-20/h4-13,22-25H,14-19H2,1-3H3/t22-,23+,24-,25+. The fourth-order valence-electron chi connectivity index (χ4n) is 5.34. The Morgan fingerprint density at radius 2 is 1.16 bits per heavy atom. The summed E-state index contributed by atoms with van der Waals surface area (Å²) in [7, 11) is -7.81. The zero-order valence-electron chi connectivity index (χ0n) is 21.9. The molecule has 0 spiro atoms. The molecule has 0 unspecified atom stereocenters. The van der Waals surface area contributed by atoms with E-state index in [1.807, 2.05) is 0 Å². The number of carbonyl (C=O) groups excluding carboxylic acids is 1.